The molecule has 118 valence electrons. The van der Waals surface area contributed by atoms with Crippen LogP contribution in [-0.4, -0.2) is 27.2 Å². The lowest BCUT2D eigenvalue weighted by atomic mass is 10.2. The zero-order valence-electron chi connectivity index (χ0n) is 11.5. The molecule has 1 aromatic carbocycles. The van der Waals surface area contributed by atoms with Crippen LogP contribution in [0.15, 0.2) is 24.3 Å². The van der Waals surface area contributed by atoms with Crippen molar-refractivity contribution in [2.24, 2.45) is 7.05 Å². The van der Waals surface area contributed by atoms with Crippen LogP contribution in [0.5, 0.6) is 17.4 Å². The maximum absolute atomic E-state index is 12.2. The number of ether oxygens (including phenoxy) is 2. The predicted molar refractivity (Wildman–Crippen MR) is 68.1 cm³/mol. The average Bonchev–Trinajstić information content (AvgIpc) is 2.62. The van der Waals surface area contributed by atoms with E-state index in [1.807, 2.05) is 0 Å². The quantitative estimate of drug-likeness (QED) is 0.938. The number of nitrogens with zero attached hydrogens (tertiary/aromatic N) is 2. The molecule has 0 atom stereocenters. The van der Waals surface area contributed by atoms with Crippen LogP contribution >= 0.6 is 0 Å². The molecule has 0 radical (unpaired) electrons. The van der Waals surface area contributed by atoms with Gasteiger partial charge in [0, 0.05) is 13.1 Å². The number of alkyl halides is 3. The van der Waals surface area contributed by atoms with Crippen LogP contribution < -0.4 is 9.47 Å². The monoisotopic (exact) mass is 316 g/mol. The minimum absolute atomic E-state index is 0.00718. The van der Waals surface area contributed by atoms with E-state index >= 15 is 0 Å². The molecule has 1 aromatic heterocycles. The van der Waals surface area contributed by atoms with Gasteiger partial charge in [0.25, 0.3) is 0 Å². The minimum atomic E-state index is -4.83. The number of aromatic carboxylic acids is 1. The van der Waals surface area contributed by atoms with Crippen LogP contribution in [0.3, 0.4) is 0 Å². The summed E-state index contributed by atoms with van der Waals surface area (Å²) in [5, 5.41) is 13.0. The predicted octanol–water partition coefficient (Wildman–Crippen LogP) is 3.12. The molecule has 0 saturated heterocycles. The first-order valence-electron chi connectivity index (χ1n) is 5.98. The van der Waals surface area contributed by atoms with Crippen molar-refractivity contribution in [2.45, 2.75) is 13.3 Å². The Labute approximate surface area is 122 Å². The second-order valence-corrected chi connectivity index (χ2v) is 4.32. The highest BCUT2D eigenvalue weighted by Gasteiger charge is 2.31. The molecule has 2 rings (SSSR count). The zero-order chi connectivity index (χ0) is 16.5. The van der Waals surface area contributed by atoms with E-state index in [9.17, 15) is 18.0 Å². The highest BCUT2D eigenvalue weighted by atomic mass is 19.4. The topological polar surface area (TPSA) is 73.6 Å². The molecule has 0 saturated carbocycles. The molecule has 1 N–H and O–H groups in total. The molecule has 1 heterocycles. The second kappa shape index (κ2) is 5.58. The number of hydrogen-bond donors (Lipinski definition) is 1. The van der Waals surface area contributed by atoms with Crippen LogP contribution in [-0.2, 0) is 7.05 Å². The minimum Gasteiger partial charge on any atom is -0.477 e. The Kier molecular flexibility index (Phi) is 3.98. The van der Waals surface area contributed by atoms with Gasteiger partial charge in [0.2, 0.25) is 5.88 Å². The summed E-state index contributed by atoms with van der Waals surface area (Å²) in [5.41, 5.74) is 0.0670. The van der Waals surface area contributed by atoms with E-state index in [0.29, 0.717) is 0 Å². The van der Waals surface area contributed by atoms with Gasteiger partial charge in [-0.1, -0.05) is 6.07 Å². The largest absolute Gasteiger partial charge is 0.573 e. The molecular weight excluding hydrogens is 305 g/mol. The molecule has 0 fully saturated rings. The van der Waals surface area contributed by atoms with Gasteiger partial charge in [0.1, 0.15) is 17.1 Å². The van der Waals surface area contributed by atoms with Crippen LogP contribution in [0.25, 0.3) is 0 Å². The third-order valence-electron chi connectivity index (χ3n) is 2.64. The SMILES string of the molecule is Cc1nn(C)c(Oc2cccc(OC(F)(F)F)c2)c1C(=O)O. The summed E-state index contributed by atoms with van der Waals surface area (Å²) in [6.07, 6.45) is -4.83. The van der Waals surface area contributed by atoms with Gasteiger partial charge in [-0.05, 0) is 19.1 Å². The molecule has 0 amide bonds. The number of hydrogen-bond acceptors (Lipinski definition) is 4. The second-order valence-electron chi connectivity index (χ2n) is 4.32. The number of carbonyl (C=O) groups is 1. The summed E-state index contributed by atoms with van der Waals surface area (Å²) < 4.78 is 46.9. The molecule has 0 aliphatic rings. The Hall–Kier alpha value is -2.71. The Morgan fingerprint density at radius 2 is 1.95 bits per heavy atom. The number of carboxylic acid groups (broad SMARTS) is 1. The van der Waals surface area contributed by atoms with Crippen LogP contribution in [0.2, 0.25) is 0 Å². The molecular formula is C13H11F3N2O4. The molecule has 22 heavy (non-hydrogen) atoms. The van der Waals surface area contributed by atoms with E-state index in [1.165, 1.54) is 30.8 Å². The van der Waals surface area contributed by atoms with Gasteiger partial charge in [-0.2, -0.15) is 5.10 Å². The van der Waals surface area contributed by atoms with Gasteiger partial charge in [-0.3, -0.25) is 0 Å². The normalized spacial score (nSPS) is 11.3. The Morgan fingerprint density at radius 1 is 1.32 bits per heavy atom. The first kappa shape index (κ1) is 15.7. The van der Waals surface area contributed by atoms with E-state index in [4.69, 9.17) is 9.84 Å². The molecule has 2 aromatic rings. The standard InChI is InChI=1S/C13H11F3N2O4/c1-7-10(12(19)20)11(18(2)17-7)21-8-4-3-5-9(6-8)22-13(14,15)16/h3-6H,1-2H3,(H,19,20). The zero-order valence-corrected chi connectivity index (χ0v) is 11.5. The van der Waals surface area contributed by atoms with Gasteiger partial charge in [0.15, 0.2) is 0 Å². The van der Waals surface area contributed by atoms with Crippen molar-refractivity contribution in [1.82, 2.24) is 9.78 Å². The Morgan fingerprint density at radius 3 is 2.55 bits per heavy atom. The molecule has 0 aliphatic carbocycles. The van der Waals surface area contributed by atoms with Crippen molar-refractivity contribution in [1.29, 1.82) is 0 Å². The van der Waals surface area contributed by atoms with Crippen molar-refractivity contribution >= 4 is 5.97 Å². The Balaban J connectivity index is 2.32. The fraction of sp³-hybridized carbons (Fsp3) is 0.231. The van der Waals surface area contributed by atoms with E-state index in [1.54, 1.807) is 0 Å². The Bertz CT molecular complexity index is 710. The number of rotatable bonds is 4. The average molecular weight is 316 g/mol. The molecule has 0 spiro atoms. The van der Waals surface area contributed by atoms with Crippen LogP contribution in [0, 0.1) is 6.92 Å². The first-order chi connectivity index (χ1) is 10.2. The van der Waals surface area contributed by atoms with E-state index < -0.39 is 18.1 Å². The maximum atomic E-state index is 12.2. The van der Waals surface area contributed by atoms with Crippen molar-refractivity contribution in [3.05, 3.63) is 35.5 Å². The van der Waals surface area contributed by atoms with Crippen molar-refractivity contribution in [2.75, 3.05) is 0 Å². The molecule has 0 bridgehead atoms. The summed E-state index contributed by atoms with van der Waals surface area (Å²) in [6, 6.07) is 4.77. The summed E-state index contributed by atoms with van der Waals surface area (Å²) in [7, 11) is 1.46. The summed E-state index contributed by atoms with van der Waals surface area (Å²) in [4.78, 5) is 11.2. The van der Waals surface area contributed by atoms with Crippen LogP contribution in [0.4, 0.5) is 13.2 Å². The first-order valence-corrected chi connectivity index (χ1v) is 5.98. The lowest BCUT2D eigenvalue weighted by molar-refractivity contribution is -0.274. The van der Waals surface area contributed by atoms with Gasteiger partial charge in [-0.25, -0.2) is 9.48 Å². The lowest BCUT2D eigenvalue weighted by Gasteiger charge is -2.11. The fourth-order valence-electron chi connectivity index (χ4n) is 1.85. The highest BCUT2D eigenvalue weighted by Crippen LogP contribution is 2.31. The van der Waals surface area contributed by atoms with Crippen LogP contribution in [0.1, 0.15) is 16.1 Å². The number of aromatic nitrogens is 2. The molecule has 9 heteroatoms. The van der Waals surface area contributed by atoms with E-state index in [-0.39, 0.29) is 22.9 Å². The number of benzene rings is 1. The summed E-state index contributed by atoms with van der Waals surface area (Å²) >= 11 is 0. The number of aryl methyl sites for hydroxylation is 2. The van der Waals surface area contributed by atoms with Crippen molar-refractivity contribution in [3.8, 4) is 17.4 Å². The van der Waals surface area contributed by atoms with Gasteiger partial charge in [-0.15, -0.1) is 13.2 Å². The number of carboxylic acids is 1. The molecule has 0 aliphatic heterocycles. The summed E-state index contributed by atoms with van der Waals surface area (Å²) in [5.74, 6) is -1.81. The van der Waals surface area contributed by atoms with Crippen molar-refractivity contribution in [3.63, 3.8) is 0 Å². The summed E-state index contributed by atoms with van der Waals surface area (Å²) in [6.45, 7) is 1.49. The van der Waals surface area contributed by atoms with Gasteiger partial charge >= 0.3 is 12.3 Å². The van der Waals surface area contributed by atoms with Gasteiger partial charge < -0.3 is 14.6 Å². The number of halogens is 3. The third-order valence-corrected chi connectivity index (χ3v) is 2.64. The lowest BCUT2D eigenvalue weighted by Crippen LogP contribution is -2.17. The highest BCUT2D eigenvalue weighted by molar-refractivity contribution is 5.91. The van der Waals surface area contributed by atoms with E-state index in [2.05, 4.69) is 9.84 Å². The third kappa shape index (κ3) is 3.48. The maximum Gasteiger partial charge on any atom is 0.573 e. The van der Waals surface area contributed by atoms with Crippen molar-refractivity contribution < 1.29 is 32.5 Å². The molecule has 0 unspecified atom stereocenters. The van der Waals surface area contributed by atoms with E-state index in [0.717, 1.165) is 12.1 Å². The fourth-order valence-corrected chi connectivity index (χ4v) is 1.85. The molecule has 6 nitrogen and oxygen atoms in total. The van der Waals surface area contributed by atoms with Gasteiger partial charge in [0.05, 0.1) is 5.69 Å². The smallest absolute Gasteiger partial charge is 0.477 e.